The van der Waals surface area contributed by atoms with Crippen LogP contribution in [-0.2, 0) is 20.4 Å². The van der Waals surface area contributed by atoms with Gasteiger partial charge in [-0.05, 0) is 36.4 Å². The molecule has 1 heterocycles. The number of sulfone groups is 1. The lowest BCUT2D eigenvalue weighted by Gasteiger charge is -2.20. The van der Waals surface area contributed by atoms with E-state index in [4.69, 9.17) is 37.4 Å². The molecule has 0 aromatic heterocycles. The van der Waals surface area contributed by atoms with Gasteiger partial charge in [-0.1, -0.05) is 41.0 Å². The Balaban J connectivity index is 1.66. The summed E-state index contributed by atoms with van der Waals surface area (Å²) in [5.41, 5.74) is 1.28. The van der Waals surface area contributed by atoms with Gasteiger partial charge in [0.25, 0.3) is 5.91 Å². The van der Waals surface area contributed by atoms with Gasteiger partial charge < -0.3 is 19.5 Å². The molecule has 0 saturated carbocycles. The highest BCUT2D eigenvalue weighted by Crippen LogP contribution is 2.43. The minimum Gasteiger partial charge on any atom is -0.496 e. The molecule has 0 bridgehead atoms. The van der Waals surface area contributed by atoms with E-state index >= 15 is 0 Å². The van der Waals surface area contributed by atoms with E-state index in [-0.39, 0.29) is 20.7 Å². The predicted molar refractivity (Wildman–Crippen MR) is 142 cm³/mol. The second-order valence-electron chi connectivity index (χ2n) is 7.63. The lowest BCUT2D eigenvalue weighted by molar-refractivity contribution is -0.112. The molecule has 1 aliphatic heterocycles. The molecule has 3 aromatic carbocycles. The Morgan fingerprint density at radius 3 is 2.17 bits per heavy atom. The zero-order valence-corrected chi connectivity index (χ0v) is 22.6. The summed E-state index contributed by atoms with van der Waals surface area (Å²) in [5.74, 6) is 0.725. The first kappa shape index (κ1) is 26.2. The highest BCUT2D eigenvalue weighted by Gasteiger charge is 2.26. The summed E-state index contributed by atoms with van der Waals surface area (Å²) < 4.78 is 42.4. The van der Waals surface area contributed by atoms with Crippen molar-refractivity contribution >= 4 is 62.5 Å². The predicted octanol–water partition coefficient (Wildman–Crippen LogP) is 6.08. The van der Waals surface area contributed by atoms with Gasteiger partial charge in [0.1, 0.15) is 17.2 Å². The third-order valence-electron chi connectivity index (χ3n) is 5.43. The standard InChI is InChI=1S/C25H21Cl2NO6S2/c1-32-14-9-21(33-2)16(22(10-14)34-3)12-24-25(29)28-20-11-15(7-8-23(20)35-24)36(30,31)13-17-18(26)5-4-6-19(17)27/h4-12H,13H2,1-3H3,(H,28,29). The van der Waals surface area contributed by atoms with E-state index < -0.39 is 15.7 Å². The van der Waals surface area contributed by atoms with Gasteiger partial charge in [-0.2, -0.15) is 0 Å². The van der Waals surface area contributed by atoms with Crippen LogP contribution in [0.2, 0.25) is 10.0 Å². The van der Waals surface area contributed by atoms with E-state index in [1.807, 2.05) is 0 Å². The van der Waals surface area contributed by atoms with Crippen molar-refractivity contribution in [1.29, 1.82) is 0 Å². The zero-order valence-electron chi connectivity index (χ0n) is 19.4. The maximum atomic E-state index is 13.1. The summed E-state index contributed by atoms with van der Waals surface area (Å²) in [5, 5.41) is 3.32. The normalized spacial score (nSPS) is 14.2. The topological polar surface area (TPSA) is 90.9 Å². The van der Waals surface area contributed by atoms with E-state index in [0.29, 0.717) is 43.9 Å². The summed E-state index contributed by atoms with van der Waals surface area (Å²) >= 11 is 13.5. The van der Waals surface area contributed by atoms with Crippen molar-refractivity contribution in [3.05, 3.63) is 74.6 Å². The van der Waals surface area contributed by atoms with Crippen LogP contribution in [0.5, 0.6) is 17.2 Å². The summed E-state index contributed by atoms with van der Waals surface area (Å²) in [6.07, 6.45) is 1.66. The van der Waals surface area contributed by atoms with Gasteiger partial charge in [0.2, 0.25) is 0 Å². The van der Waals surface area contributed by atoms with Gasteiger partial charge in [0, 0.05) is 32.6 Å². The molecular weight excluding hydrogens is 545 g/mol. The molecule has 0 unspecified atom stereocenters. The van der Waals surface area contributed by atoms with Gasteiger partial charge in [-0.25, -0.2) is 8.42 Å². The number of anilines is 1. The summed E-state index contributed by atoms with van der Waals surface area (Å²) in [7, 11) is 0.771. The quantitative estimate of drug-likeness (QED) is 0.347. The smallest absolute Gasteiger partial charge is 0.262 e. The van der Waals surface area contributed by atoms with Gasteiger partial charge in [0.05, 0.1) is 48.1 Å². The van der Waals surface area contributed by atoms with E-state index in [0.717, 1.165) is 0 Å². The number of nitrogens with one attached hydrogen (secondary N) is 1. The Labute approximate surface area is 223 Å². The second kappa shape index (κ2) is 10.6. The van der Waals surface area contributed by atoms with Crippen molar-refractivity contribution in [3.8, 4) is 17.2 Å². The van der Waals surface area contributed by atoms with Crippen molar-refractivity contribution in [2.45, 2.75) is 15.5 Å². The summed E-state index contributed by atoms with van der Waals surface area (Å²) in [4.78, 5) is 14.0. The van der Waals surface area contributed by atoms with Gasteiger partial charge in [-0.3, -0.25) is 4.79 Å². The zero-order chi connectivity index (χ0) is 26.0. The number of hydrogen-bond acceptors (Lipinski definition) is 7. The summed E-state index contributed by atoms with van der Waals surface area (Å²) in [6, 6.07) is 12.8. The molecular formula is C25H21Cl2NO6S2. The number of methoxy groups -OCH3 is 3. The number of fused-ring (bicyclic) bond motifs is 1. The highest BCUT2D eigenvalue weighted by atomic mass is 35.5. The Kier molecular flexibility index (Phi) is 7.75. The molecule has 7 nitrogen and oxygen atoms in total. The number of thioether (sulfide) groups is 1. The Morgan fingerprint density at radius 1 is 0.944 bits per heavy atom. The Hall–Kier alpha value is -2.85. The minimum absolute atomic E-state index is 0.0454. The number of rotatable bonds is 7. The van der Waals surface area contributed by atoms with Crippen LogP contribution in [0.15, 0.2) is 63.2 Å². The number of ether oxygens (including phenoxy) is 3. The monoisotopic (exact) mass is 565 g/mol. The van der Waals surface area contributed by atoms with Gasteiger partial charge in [0.15, 0.2) is 9.84 Å². The van der Waals surface area contributed by atoms with Crippen LogP contribution in [-0.4, -0.2) is 35.7 Å². The van der Waals surface area contributed by atoms with E-state index in [1.54, 1.807) is 42.5 Å². The molecule has 0 atom stereocenters. The lowest BCUT2D eigenvalue weighted by Crippen LogP contribution is -2.18. The highest BCUT2D eigenvalue weighted by molar-refractivity contribution is 8.04. The maximum absolute atomic E-state index is 13.1. The van der Waals surface area contributed by atoms with Gasteiger partial charge >= 0.3 is 0 Å². The van der Waals surface area contributed by atoms with Crippen molar-refractivity contribution in [1.82, 2.24) is 0 Å². The summed E-state index contributed by atoms with van der Waals surface area (Å²) in [6.45, 7) is 0. The second-order valence-corrected chi connectivity index (χ2v) is 11.5. The average molecular weight is 566 g/mol. The van der Waals surface area contributed by atoms with Crippen LogP contribution in [0.4, 0.5) is 5.69 Å². The Morgan fingerprint density at radius 2 is 1.58 bits per heavy atom. The first-order valence-corrected chi connectivity index (χ1v) is 13.7. The molecule has 0 aliphatic carbocycles. The number of amides is 1. The third kappa shape index (κ3) is 5.29. The molecule has 0 fully saturated rings. The maximum Gasteiger partial charge on any atom is 0.262 e. The number of carbonyl (C=O) groups excluding carboxylic acids is 1. The average Bonchev–Trinajstić information content (AvgIpc) is 2.86. The molecule has 1 N–H and O–H groups in total. The van der Waals surface area contributed by atoms with Crippen LogP contribution < -0.4 is 19.5 Å². The van der Waals surface area contributed by atoms with E-state index in [1.165, 1.54) is 45.2 Å². The SMILES string of the molecule is COc1cc(OC)c(C=C2Sc3ccc(S(=O)(=O)Cc4c(Cl)cccc4Cl)cc3NC2=O)c(OC)c1. The lowest BCUT2D eigenvalue weighted by atomic mass is 10.1. The van der Waals surface area contributed by atoms with E-state index in [2.05, 4.69) is 5.32 Å². The van der Waals surface area contributed by atoms with Crippen molar-refractivity contribution in [2.24, 2.45) is 0 Å². The fourth-order valence-corrected chi connectivity index (χ4v) is 6.62. The van der Waals surface area contributed by atoms with Crippen LogP contribution in [0.1, 0.15) is 11.1 Å². The van der Waals surface area contributed by atoms with Crippen LogP contribution >= 0.6 is 35.0 Å². The number of hydrogen-bond donors (Lipinski definition) is 1. The number of carbonyl (C=O) groups is 1. The molecule has 1 aliphatic rings. The number of benzene rings is 3. The molecule has 3 aromatic rings. The van der Waals surface area contributed by atoms with Gasteiger partial charge in [-0.15, -0.1) is 0 Å². The van der Waals surface area contributed by atoms with Crippen molar-refractivity contribution in [3.63, 3.8) is 0 Å². The number of halogens is 2. The first-order chi connectivity index (χ1) is 17.2. The molecule has 0 saturated heterocycles. The molecule has 1 amide bonds. The van der Waals surface area contributed by atoms with Crippen LogP contribution in [0.25, 0.3) is 6.08 Å². The largest absolute Gasteiger partial charge is 0.496 e. The molecule has 188 valence electrons. The van der Waals surface area contributed by atoms with Crippen LogP contribution in [0, 0.1) is 0 Å². The fraction of sp³-hybridized carbons (Fsp3) is 0.160. The molecule has 36 heavy (non-hydrogen) atoms. The Bertz CT molecular complexity index is 1440. The molecule has 0 radical (unpaired) electrons. The molecule has 11 heteroatoms. The molecule has 0 spiro atoms. The van der Waals surface area contributed by atoms with Crippen molar-refractivity contribution < 1.29 is 27.4 Å². The van der Waals surface area contributed by atoms with Crippen LogP contribution in [0.3, 0.4) is 0 Å². The first-order valence-electron chi connectivity index (χ1n) is 10.5. The van der Waals surface area contributed by atoms with E-state index in [9.17, 15) is 13.2 Å². The third-order valence-corrected chi connectivity index (χ3v) is 8.87. The fourth-order valence-electron chi connectivity index (χ4n) is 3.58. The minimum atomic E-state index is -3.79. The molecule has 4 rings (SSSR count). The van der Waals surface area contributed by atoms with Crippen molar-refractivity contribution in [2.75, 3.05) is 26.6 Å².